The van der Waals surface area contributed by atoms with Crippen LogP contribution in [0, 0.1) is 0 Å². The minimum absolute atomic E-state index is 0.0266. The second kappa shape index (κ2) is 6.07. The normalized spacial score (nSPS) is 25.3. The minimum Gasteiger partial charge on any atom is -0.326 e. The molecule has 1 aromatic carbocycles. The molecule has 1 saturated heterocycles. The van der Waals surface area contributed by atoms with Gasteiger partial charge in [-0.15, -0.1) is 0 Å². The zero-order chi connectivity index (χ0) is 14.9. The Morgan fingerprint density at radius 1 is 1.00 bits per heavy atom. The topological polar surface area (TPSA) is 63.4 Å². The van der Waals surface area contributed by atoms with E-state index in [0.29, 0.717) is 23.9 Å². The number of hydrogen-bond donors (Lipinski definition) is 1. The van der Waals surface area contributed by atoms with Crippen LogP contribution in [0.15, 0.2) is 29.2 Å². The van der Waals surface area contributed by atoms with Crippen molar-refractivity contribution >= 4 is 10.0 Å². The first kappa shape index (κ1) is 15.0. The van der Waals surface area contributed by atoms with E-state index in [1.807, 2.05) is 12.1 Å². The van der Waals surface area contributed by atoms with Crippen LogP contribution in [0.5, 0.6) is 0 Å². The second-order valence-corrected chi connectivity index (χ2v) is 8.25. The van der Waals surface area contributed by atoms with Gasteiger partial charge in [-0.25, -0.2) is 8.42 Å². The van der Waals surface area contributed by atoms with Crippen molar-refractivity contribution in [2.45, 2.75) is 55.4 Å². The summed E-state index contributed by atoms with van der Waals surface area (Å²) >= 11 is 0. The van der Waals surface area contributed by atoms with E-state index in [1.54, 1.807) is 12.1 Å². The summed E-state index contributed by atoms with van der Waals surface area (Å²) in [4.78, 5) is 0.399. The monoisotopic (exact) mass is 308 g/mol. The number of benzene rings is 1. The molecule has 0 aromatic heterocycles. The van der Waals surface area contributed by atoms with Crippen LogP contribution in [0.25, 0.3) is 0 Å². The molecule has 0 spiro atoms. The van der Waals surface area contributed by atoms with E-state index in [9.17, 15) is 8.42 Å². The molecule has 2 N–H and O–H groups in total. The van der Waals surface area contributed by atoms with E-state index >= 15 is 0 Å². The summed E-state index contributed by atoms with van der Waals surface area (Å²) in [6.45, 7) is 0.973. The van der Waals surface area contributed by atoms with E-state index < -0.39 is 10.0 Å². The number of nitrogens with two attached hydrogens (primary N) is 1. The molecule has 4 nitrogen and oxygen atoms in total. The van der Waals surface area contributed by atoms with Crippen LogP contribution in [0.3, 0.4) is 0 Å². The van der Waals surface area contributed by atoms with Crippen LogP contribution in [0.2, 0.25) is 0 Å². The maximum absolute atomic E-state index is 12.5. The zero-order valence-corrected chi connectivity index (χ0v) is 13.2. The Bertz CT molecular complexity index is 577. The summed E-state index contributed by atoms with van der Waals surface area (Å²) in [5.74, 6) is 0.607. The lowest BCUT2D eigenvalue weighted by Crippen LogP contribution is -2.31. The number of hydrogen-bond acceptors (Lipinski definition) is 3. The summed E-state index contributed by atoms with van der Waals surface area (Å²) in [7, 11) is -3.37. The van der Waals surface area contributed by atoms with E-state index in [4.69, 9.17) is 5.73 Å². The molecule has 1 atom stereocenters. The van der Waals surface area contributed by atoms with Crippen molar-refractivity contribution in [3.63, 3.8) is 0 Å². The van der Waals surface area contributed by atoms with Gasteiger partial charge in [0.2, 0.25) is 10.0 Å². The Kier molecular flexibility index (Phi) is 4.33. The number of sulfonamides is 1. The lowest BCUT2D eigenvalue weighted by molar-refractivity contribution is 0.443. The molecule has 3 rings (SSSR count). The van der Waals surface area contributed by atoms with Gasteiger partial charge >= 0.3 is 0 Å². The van der Waals surface area contributed by atoms with Gasteiger partial charge in [-0.3, -0.25) is 0 Å². The molecule has 0 amide bonds. The quantitative estimate of drug-likeness (QED) is 0.933. The molecule has 1 heterocycles. The summed E-state index contributed by atoms with van der Waals surface area (Å²) < 4.78 is 26.6. The molecule has 1 aliphatic carbocycles. The molecule has 116 valence electrons. The maximum atomic E-state index is 12.5. The zero-order valence-electron chi connectivity index (χ0n) is 12.4. The summed E-state index contributed by atoms with van der Waals surface area (Å²) in [5.41, 5.74) is 7.10. The van der Waals surface area contributed by atoms with Crippen LogP contribution < -0.4 is 5.73 Å². The molecule has 0 unspecified atom stereocenters. The highest BCUT2D eigenvalue weighted by Gasteiger charge is 2.30. The maximum Gasteiger partial charge on any atom is 0.243 e. The summed E-state index contributed by atoms with van der Waals surface area (Å²) in [5, 5.41) is 0. The third kappa shape index (κ3) is 3.15. The molecule has 2 aliphatic rings. The third-order valence-corrected chi connectivity index (χ3v) is 6.66. The Hall–Kier alpha value is -0.910. The fourth-order valence-corrected chi connectivity index (χ4v) is 4.98. The lowest BCUT2D eigenvalue weighted by Gasteiger charge is -2.22. The molecule has 1 saturated carbocycles. The van der Waals surface area contributed by atoms with Gasteiger partial charge in [0.15, 0.2) is 0 Å². The van der Waals surface area contributed by atoms with E-state index in [-0.39, 0.29) is 6.04 Å². The van der Waals surface area contributed by atoms with Gasteiger partial charge in [0, 0.05) is 19.1 Å². The first-order valence-electron chi connectivity index (χ1n) is 7.93. The van der Waals surface area contributed by atoms with Crippen molar-refractivity contribution in [3.8, 4) is 0 Å². The van der Waals surface area contributed by atoms with Gasteiger partial charge in [0.05, 0.1) is 4.90 Å². The molecule has 2 fully saturated rings. The molecule has 1 aromatic rings. The Morgan fingerprint density at radius 2 is 1.67 bits per heavy atom. The van der Waals surface area contributed by atoms with Crippen LogP contribution in [0.4, 0.5) is 0 Å². The smallest absolute Gasteiger partial charge is 0.243 e. The third-order valence-electron chi connectivity index (χ3n) is 4.78. The van der Waals surface area contributed by atoms with Crippen molar-refractivity contribution < 1.29 is 8.42 Å². The SMILES string of the molecule is N[C@@H]1CCN(S(=O)(=O)c2ccc(C3CCCCC3)cc2)C1. The largest absolute Gasteiger partial charge is 0.326 e. The van der Waals surface area contributed by atoms with E-state index in [0.717, 1.165) is 6.42 Å². The van der Waals surface area contributed by atoms with Crippen molar-refractivity contribution in [3.05, 3.63) is 29.8 Å². The molecule has 5 heteroatoms. The molecule has 1 aliphatic heterocycles. The number of nitrogens with zero attached hydrogens (tertiary/aromatic N) is 1. The lowest BCUT2D eigenvalue weighted by atomic mass is 9.84. The summed E-state index contributed by atoms with van der Waals surface area (Å²) in [6, 6.07) is 7.51. The standard InChI is InChI=1S/C16H24N2O2S/c17-15-10-11-18(12-15)21(19,20)16-8-6-14(7-9-16)13-4-2-1-3-5-13/h6-9,13,15H,1-5,10-12,17H2/t15-/m1/s1. The summed E-state index contributed by atoms with van der Waals surface area (Å²) in [6.07, 6.45) is 7.12. The average molecular weight is 308 g/mol. The van der Waals surface area contributed by atoms with Crippen molar-refractivity contribution in [2.75, 3.05) is 13.1 Å². The van der Waals surface area contributed by atoms with Gasteiger partial charge in [0.25, 0.3) is 0 Å². The molecule has 0 bridgehead atoms. The van der Waals surface area contributed by atoms with Crippen LogP contribution in [-0.4, -0.2) is 31.9 Å². The van der Waals surface area contributed by atoms with Gasteiger partial charge in [-0.05, 0) is 42.9 Å². The highest BCUT2D eigenvalue weighted by Crippen LogP contribution is 2.33. The fourth-order valence-electron chi connectivity index (χ4n) is 3.47. The van der Waals surface area contributed by atoms with E-state index in [1.165, 1.54) is 42.0 Å². The molecule has 0 radical (unpaired) electrons. The average Bonchev–Trinajstić information content (AvgIpc) is 2.96. The van der Waals surface area contributed by atoms with Crippen LogP contribution >= 0.6 is 0 Å². The van der Waals surface area contributed by atoms with Gasteiger partial charge in [-0.1, -0.05) is 31.4 Å². The molecule has 21 heavy (non-hydrogen) atoms. The molecular weight excluding hydrogens is 284 g/mol. The first-order valence-corrected chi connectivity index (χ1v) is 9.37. The Balaban J connectivity index is 1.77. The highest BCUT2D eigenvalue weighted by molar-refractivity contribution is 7.89. The van der Waals surface area contributed by atoms with Crippen LogP contribution in [0.1, 0.15) is 50.0 Å². The predicted octanol–water partition coefficient (Wildman–Crippen LogP) is 2.46. The van der Waals surface area contributed by atoms with Crippen LogP contribution in [-0.2, 0) is 10.0 Å². The first-order chi connectivity index (χ1) is 10.1. The van der Waals surface area contributed by atoms with Crippen molar-refractivity contribution in [2.24, 2.45) is 5.73 Å². The highest BCUT2D eigenvalue weighted by atomic mass is 32.2. The Labute approximate surface area is 127 Å². The Morgan fingerprint density at radius 3 is 2.24 bits per heavy atom. The minimum atomic E-state index is -3.37. The van der Waals surface area contributed by atoms with Gasteiger partial charge in [0.1, 0.15) is 0 Å². The van der Waals surface area contributed by atoms with E-state index in [2.05, 4.69) is 0 Å². The second-order valence-electron chi connectivity index (χ2n) is 6.32. The predicted molar refractivity (Wildman–Crippen MR) is 83.6 cm³/mol. The fraction of sp³-hybridized carbons (Fsp3) is 0.625. The number of rotatable bonds is 3. The van der Waals surface area contributed by atoms with Crippen molar-refractivity contribution in [1.29, 1.82) is 0 Å². The van der Waals surface area contributed by atoms with Gasteiger partial charge in [-0.2, -0.15) is 4.31 Å². The van der Waals surface area contributed by atoms with Gasteiger partial charge < -0.3 is 5.73 Å². The molecular formula is C16H24N2O2S. The van der Waals surface area contributed by atoms with Crippen molar-refractivity contribution in [1.82, 2.24) is 4.31 Å².